The van der Waals surface area contributed by atoms with Crippen molar-refractivity contribution < 1.29 is 25.5 Å². The van der Waals surface area contributed by atoms with E-state index in [0.717, 1.165) is 38.5 Å². The monoisotopic (exact) mass is 490 g/mol. The van der Waals surface area contributed by atoms with Gasteiger partial charge in [0, 0.05) is 11.3 Å². The molecule has 200 valence electrons. The first-order valence-corrected chi connectivity index (χ1v) is 14.2. The fourth-order valence-corrected chi connectivity index (χ4v) is 11.1. The van der Waals surface area contributed by atoms with Crippen molar-refractivity contribution in [1.29, 1.82) is 0 Å². The van der Waals surface area contributed by atoms with Crippen LogP contribution in [0.1, 0.15) is 92.9 Å². The van der Waals surface area contributed by atoms with Gasteiger partial charge in [0.05, 0.1) is 31.0 Å². The smallest absolute Gasteiger partial charge is 0.0902 e. The summed E-state index contributed by atoms with van der Waals surface area (Å²) in [5, 5.41) is 54.8. The summed E-state index contributed by atoms with van der Waals surface area (Å²) in [6.07, 6.45) is 8.06. The van der Waals surface area contributed by atoms with Crippen molar-refractivity contribution in [3.05, 3.63) is 11.6 Å². The SMILES string of the molecule is C[C@@H]1CC[C@]2(C)CC[C@]3(C)C(=CCC4[C@@]5(C)C[C@@H](O)[C@H](O)C(CO)(CO)C5CC[C@]43C)C2[C@]1(C)O. The van der Waals surface area contributed by atoms with Crippen LogP contribution in [0.25, 0.3) is 0 Å². The number of allylic oxidation sites excluding steroid dienone is 1. The summed E-state index contributed by atoms with van der Waals surface area (Å²) in [5.41, 5.74) is -0.567. The Morgan fingerprint density at radius 1 is 0.886 bits per heavy atom. The number of aliphatic hydroxyl groups excluding tert-OH is 4. The minimum Gasteiger partial charge on any atom is -0.396 e. The highest BCUT2D eigenvalue weighted by Crippen LogP contribution is 2.76. The van der Waals surface area contributed by atoms with Gasteiger partial charge in [0.1, 0.15) is 0 Å². The topological polar surface area (TPSA) is 101 Å². The molecule has 5 heteroatoms. The second kappa shape index (κ2) is 7.79. The van der Waals surface area contributed by atoms with Gasteiger partial charge in [-0.25, -0.2) is 0 Å². The molecule has 5 nitrogen and oxygen atoms in total. The minimum absolute atomic E-state index is 0.0148. The molecule has 4 saturated carbocycles. The van der Waals surface area contributed by atoms with E-state index < -0.39 is 23.2 Å². The number of rotatable bonds is 2. The Morgan fingerprint density at radius 3 is 2.17 bits per heavy atom. The van der Waals surface area contributed by atoms with Crippen LogP contribution in [0.15, 0.2) is 11.6 Å². The van der Waals surface area contributed by atoms with Gasteiger partial charge in [0.25, 0.3) is 0 Å². The third-order valence-corrected chi connectivity index (χ3v) is 13.6. The van der Waals surface area contributed by atoms with E-state index in [1.165, 1.54) is 12.0 Å². The lowest BCUT2D eigenvalue weighted by molar-refractivity contribution is -0.258. The fraction of sp³-hybridized carbons (Fsp3) is 0.933. The maximum Gasteiger partial charge on any atom is 0.0902 e. The van der Waals surface area contributed by atoms with Crippen LogP contribution in [0.3, 0.4) is 0 Å². The van der Waals surface area contributed by atoms with E-state index in [1.54, 1.807) is 0 Å². The third-order valence-electron chi connectivity index (χ3n) is 13.6. The van der Waals surface area contributed by atoms with Gasteiger partial charge in [-0.2, -0.15) is 0 Å². The summed E-state index contributed by atoms with van der Waals surface area (Å²) in [4.78, 5) is 0. The Balaban J connectivity index is 1.62. The lowest BCUT2D eigenvalue weighted by atomic mass is 9.33. The molecule has 3 unspecified atom stereocenters. The van der Waals surface area contributed by atoms with E-state index in [9.17, 15) is 25.5 Å². The molecular weight excluding hydrogens is 440 g/mol. The lowest BCUT2D eigenvalue weighted by Gasteiger charge is -2.72. The molecular formula is C30H50O5. The molecule has 11 atom stereocenters. The van der Waals surface area contributed by atoms with Crippen LogP contribution in [0, 0.1) is 50.7 Å². The van der Waals surface area contributed by atoms with Crippen molar-refractivity contribution in [3.63, 3.8) is 0 Å². The molecule has 0 saturated heterocycles. The quantitative estimate of drug-likeness (QED) is 0.376. The lowest BCUT2D eigenvalue weighted by Crippen LogP contribution is -2.70. The van der Waals surface area contributed by atoms with Gasteiger partial charge in [-0.05, 0) is 97.7 Å². The Morgan fingerprint density at radius 2 is 1.54 bits per heavy atom. The maximum absolute atomic E-state index is 11.9. The van der Waals surface area contributed by atoms with Crippen LogP contribution in [-0.4, -0.2) is 56.6 Å². The van der Waals surface area contributed by atoms with Crippen molar-refractivity contribution in [3.8, 4) is 0 Å². The van der Waals surface area contributed by atoms with E-state index >= 15 is 0 Å². The summed E-state index contributed by atoms with van der Waals surface area (Å²) in [5.74, 6) is 0.657. The highest BCUT2D eigenvalue weighted by molar-refractivity contribution is 5.35. The molecule has 0 aliphatic heterocycles. The molecule has 5 aliphatic rings. The molecule has 0 aromatic heterocycles. The van der Waals surface area contributed by atoms with Gasteiger partial charge in [-0.1, -0.05) is 46.3 Å². The maximum atomic E-state index is 11.9. The van der Waals surface area contributed by atoms with Crippen LogP contribution < -0.4 is 0 Å². The molecule has 0 spiro atoms. The molecule has 5 rings (SSSR count). The van der Waals surface area contributed by atoms with Crippen LogP contribution >= 0.6 is 0 Å². The van der Waals surface area contributed by atoms with Crippen LogP contribution in [0.5, 0.6) is 0 Å². The van der Waals surface area contributed by atoms with Gasteiger partial charge in [0.15, 0.2) is 0 Å². The molecule has 0 aromatic carbocycles. The second-order valence-electron chi connectivity index (χ2n) is 14.8. The molecule has 0 radical (unpaired) electrons. The van der Waals surface area contributed by atoms with Gasteiger partial charge in [0.2, 0.25) is 0 Å². The predicted molar refractivity (Wildman–Crippen MR) is 136 cm³/mol. The molecule has 0 amide bonds. The van der Waals surface area contributed by atoms with Crippen LogP contribution in [0.4, 0.5) is 0 Å². The highest BCUT2D eigenvalue weighted by atomic mass is 16.3. The van der Waals surface area contributed by atoms with E-state index in [-0.39, 0.29) is 58.5 Å². The summed E-state index contributed by atoms with van der Waals surface area (Å²) < 4.78 is 0. The zero-order valence-corrected chi connectivity index (χ0v) is 22.8. The fourth-order valence-electron chi connectivity index (χ4n) is 11.1. The number of aliphatic hydroxyl groups is 5. The average molecular weight is 491 g/mol. The average Bonchev–Trinajstić information content (AvgIpc) is 2.79. The van der Waals surface area contributed by atoms with Gasteiger partial charge in [-0.15, -0.1) is 0 Å². The molecule has 5 N–H and O–H groups in total. The van der Waals surface area contributed by atoms with Crippen molar-refractivity contribution in [2.75, 3.05) is 13.2 Å². The Kier molecular flexibility index (Phi) is 5.82. The van der Waals surface area contributed by atoms with E-state index in [0.29, 0.717) is 6.42 Å². The molecule has 35 heavy (non-hydrogen) atoms. The van der Waals surface area contributed by atoms with Crippen LogP contribution in [-0.2, 0) is 0 Å². The third kappa shape index (κ3) is 3.00. The van der Waals surface area contributed by atoms with Gasteiger partial charge >= 0.3 is 0 Å². The standard InChI is InChI=1S/C30H50O5/c1-18-9-11-25(2)13-14-27(4)19(23(25)29(18,6)35)7-8-21-26(3)15-20(33)24(34)30(16-31,17-32)22(26)10-12-28(21,27)5/h7,18,20-24,31-35H,8-17H2,1-6H3/t18-,20-,21?,22?,23?,24+,25-,26-,27-,28-,29-/m1/s1. The summed E-state index contributed by atoms with van der Waals surface area (Å²) in [7, 11) is 0. The number of fused-ring (bicyclic) bond motifs is 7. The van der Waals surface area contributed by atoms with Crippen molar-refractivity contribution >= 4 is 0 Å². The molecule has 0 bridgehead atoms. The van der Waals surface area contributed by atoms with E-state index in [2.05, 4.69) is 47.6 Å². The Labute approximate surface area is 212 Å². The summed E-state index contributed by atoms with van der Waals surface area (Å²) in [6, 6.07) is 0. The molecule has 0 aromatic rings. The first-order chi connectivity index (χ1) is 16.2. The first-order valence-electron chi connectivity index (χ1n) is 14.2. The number of hydrogen-bond donors (Lipinski definition) is 5. The Bertz CT molecular complexity index is 888. The zero-order valence-electron chi connectivity index (χ0n) is 22.8. The summed E-state index contributed by atoms with van der Waals surface area (Å²) >= 11 is 0. The van der Waals surface area contributed by atoms with Crippen molar-refractivity contribution in [1.82, 2.24) is 0 Å². The largest absolute Gasteiger partial charge is 0.396 e. The molecule has 5 aliphatic carbocycles. The van der Waals surface area contributed by atoms with E-state index in [4.69, 9.17) is 0 Å². The molecule has 0 heterocycles. The normalized spacial score (nSPS) is 57.3. The van der Waals surface area contributed by atoms with Crippen LogP contribution in [0.2, 0.25) is 0 Å². The van der Waals surface area contributed by atoms with Gasteiger partial charge in [-0.3, -0.25) is 0 Å². The predicted octanol–water partition coefficient (Wildman–Crippen LogP) is 4.06. The Hall–Kier alpha value is -0.460. The first kappa shape index (κ1) is 26.2. The summed E-state index contributed by atoms with van der Waals surface area (Å²) in [6.45, 7) is 13.2. The zero-order chi connectivity index (χ0) is 25.8. The highest BCUT2D eigenvalue weighted by Gasteiger charge is 2.71. The second-order valence-corrected chi connectivity index (χ2v) is 14.8. The van der Waals surface area contributed by atoms with Gasteiger partial charge < -0.3 is 25.5 Å². The van der Waals surface area contributed by atoms with Crippen molar-refractivity contribution in [2.45, 2.75) is 111 Å². The van der Waals surface area contributed by atoms with E-state index in [1.807, 2.05) is 0 Å². The molecule has 4 fully saturated rings. The number of hydrogen-bond acceptors (Lipinski definition) is 5. The minimum atomic E-state index is -1.11. The van der Waals surface area contributed by atoms with Crippen molar-refractivity contribution in [2.24, 2.45) is 50.7 Å².